The van der Waals surface area contributed by atoms with E-state index >= 15 is 0 Å². The van der Waals surface area contributed by atoms with E-state index in [1.165, 1.54) is 13.0 Å². The van der Waals surface area contributed by atoms with Gasteiger partial charge in [0.1, 0.15) is 11.5 Å². The third-order valence-corrected chi connectivity index (χ3v) is 4.07. The zero-order valence-electron chi connectivity index (χ0n) is 15.1. The van der Waals surface area contributed by atoms with Crippen molar-refractivity contribution in [3.63, 3.8) is 0 Å². The van der Waals surface area contributed by atoms with Gasteiger partial charge in [-0.25, -0.2) is 0 Å². The summed E-state index contributed by atoms with van der Waals surface area (Å²) in [5.41, 5.74) is 2.25. The number of carbonyl (C=O) groups excluding carboxylic acids is 2. The van der Waals surface area contributed by atoms with E-state index in [1.54, 1.807) is 36.4 Å². The maximum Gasteiger partial charge on any atom is 0.250 e. The number of rotatable bonds is 5. The molecule has 6 heteroatoms. The number of carbonyl (C=O) groups is 2. The lowest BCUT2D eigenvalue weighted by molar-refractivity contribution is -0.115. The summed E-state index contributed by atoms with van der Waals surface area (Å²) in [6.07, 6.45) is 2.92. The van der Waals surface area contributed by atoms with Crippen LogP contribution in [0.1, 0.15) is 23.0 Å². The van der Waals surface area contributed by atoms with Crippen LogP contribution < -0.4 is 10.6 Å². The largest absolute Gasteiger partial charge is 0.457 e. The highest BCUT2D eigenvalue weighted by atomic mass is 32.1. The molecule has 3 aromatic rings. The number of hydrogen-bond donors (Lipinski definition) is 2. The fourth-order valence-corrected chi connectivity index (χ4v) is 2.68. The molecule has 0 bridgehead atoms. The minimum absolute atomic E-state index is 0.0130. The van der Waals surface area contributed by atoms with Crippen molar-refractivity contribution in [2.75, 3.05) is 5.32 Å². The molecule has 0 radical (unpaired) electrons. The van der Waals surface area contributed by atoms with Crippen molar-refractivity contribution < 1.29 is 14.0 Å². The topological polar surface area (TPSA) is 71.3 Å². The predicted molar refractivity (Wildman–Crippen MR) is 114 cm³/mol. The Balaban J connectivity index is 1.54. The van der Waals surface area contributed by atoms with Crippen molar-refractivity contribution in [2.45, 2.75) is 6.92 Å². The molecule has 0 saturated carbocycles. The van der Waals surface area contributed by atoms with E-state index in [-0.39, 0.29) is 16.8 Å². The molecular formula is C22H18N2O3S. The maximum absolute atomic E-state index is 12.0. The number of benzene rings is 2. The molecule has 0 spiro atoms. The number of Topliss-reactive ketones (excluding diaryl/α,β-unsaturated/α-hetero) is 1. The van der Waals surface area contributed by atoms with Gasteiger partial charge in [-0.15, -0.1) is 0 Å². The number of thiocarbonyl (C=S) groups is 1. The number of hydrogen-bond acceptors (Lipinski definition) is 4. The summed E-state index contributed by atoms with van der Waals surface area (Å²) in [5, 5.41) is 5.62. The van der Waals surface area contributed by atoms with E-state index in [0.29, 0.717) is 17.0 Å². The van der Waals surface area contributed by atoms with E-state index < -0.39 is 0 Å². The van der Waals surface area contributed by atoms with Crippen molar-refractivity contribution in [1.82, 2.24) is 5.32 Å². The monoisotopic (exact) mass is 390 g/mol. The first kappa shape index (κ1) is 19.3. The average molecular weight is 390 g/mol. The highest BCUT2D eigenvalue weighted by molar-refractivity contribution is 7.80. The van der Waals surface area contributed by atoms with Gasteiger partial charge in [0, 0.05) is 22.9 Å². The molecule has 5 nitrogen and oxygen atoms in total. The van der Waals surface area contributed by atoms with Gasteiger partial charge in [0.2, 0.25) is 5.91 Å². The van der Waals surface area contributed by atoms with Gasteiger partial charge < -0.3 is 9.73 Å². The second kappa shape index (κ2) is 8.92. The second-order valence-corrected chi connectivity index (χ2v) is 6.39. The number of furan rings is 1. The van der Waals surface area contributed by atoms with E-state index in [4.69, 9.17) is 16.6 Å². The Morgan fingerprint density at radius 3 is 2.36 bits per heavy atom. The third-order valence-electron chi connectivity index (χ3n) is 3.87. The summed E-state index contributed by atoms with van der Waals surface area (Å²) in [6, 6.07) is 20.2. The van der Waals surface area contributed by atoms with Crippen molar-refractivity contribution >= 4 is 40.8 Å². The first-order chi connectivity index (χ1) is 13.5. The van der Waals surface area contributed by atoms with Gasteiger partial charge in [0.15, 0.2) is 10.9 Å². The van der Waals surface area contributed by atoms with Crippen LogP contribution in [0.5, 0.6) is 0 Å². The molecule has 1 amide bonds. The minimum Gasteiger partial charge on any atom is -0.457 e. The molecule has 28 heavy (non-hydrogen) atoms. The fourth-order valence-electron chi connectivity index (χ4n) is 2.46. The molecule has 0 aliphatic carbocycles. The van der Waals surface area contributed by atoms with Crippen LogP contribution in [0.2, 0.25) is 0 Å². The summed E-state index contributed by atoms with van der Waals surface area (Å²) in [4.78, 5) is 23.3. The van der Waals surface area contributed by atoms with Crippen LogP contribution >= 0.6 is 12.2 Å². The van der Waals surface area contributed by atoms with Gasteiger partial charge in [-0.3, -0.25) is 14.9 Å². The highest BCUT2D eigenvalue weighted by Crippen LogP contribution is 2.22. The van der Waals surface area contributed by atoms with Crippen molar-refractivity contribution in [2.24, 2.45) is 0 Å². The Bertz CT molecular complexity index is 1020. The van der Waals surface area contributed by atoms with Gasteiger partial charge >= 0.3 is 0 Å². The van der Waals surface area contributed by atoms with E-state index in [2.05, 4.69) is 10.6 Å². The van der Waals surface area contributed by atoms with Crippen molar-refractivity contribution in [3.8, 4) is 11.3 Å². The standard InChI is InChI=1S/C22H18N2O3S/c1-15(25)16-7-9-18(10-8-16)23-22(28)24-21(26)14-12-19-11-13-20(27-19)17-5-3-2-4-6-17/h2-14H,1H3,(H2,23,24,26,28)/b14-12+. The number of nitrogens with one attached hydrogen (secondary N) is 2. The lowest BCUT2D eigenvalue weighted by Crippen LogP contribution is -2.32. The first-order valence-corrected chi connectivity index (χ1v) is 8.98. The van der Waals surface area contributed by atoms with Gasteiger partial charge in [-0.05, 0) is 61.6 Å². The minimum atomic E-state index is -0.379. The van der Waals surface area contributed by atoms with Crippen molar-refractivity contribution in [1.29, 1.82) is 0 Å². The quantitative estimate of drug-likeness (QED) is 0.376. The highest BCUT2D eigenvalue weighted by Gasteiger charge is 2.05. The summed E-state index contributed by atoms with van der Waals surface area (Å²) in [7, 11) is 0. The van der Waals surface area contributed by atoms with Crippen LogP contribution in [0, 0.1) is 0 Å². The Morgan fingerprint density at radius 1 is 0.964 bits per heavy atom. The Kier molecular flexibility index (Phi) is 6.14. The van der Waals surface area contributed by atoms with Crippen LogP contribution in [0.4, 0.5) is 5.69 Å². The zero-order chi connectivity index (χ0) is 19.9. The summed E-state index contributed by atoms with van der Waals surface area (Å²) >= 11 is 5.13. The smallest absolute Gasteiger partial charge is 0.250 e. The van der Waals surface area contributed by atoms with Crippen LogP contribution in [0.15, 0.2) is 77.2 Å². The SMILES string of the molecule is CC(=O)c1ccc(NC(=S)NC(=O)/C=C/c2ccc(-c3ccccc3)o2)cc1. The van der Waals surface area contributed by atoms with Crippen LogP contribution in [-0.2, 0) is 4.79 Å². The molecule has 1 heterocycles. The fraction of sp³-hybridized carbons (Fsp3) is 0.0455. The van der Waals surface area contributed by atoms with E-state index in [0.717, 1.165) is 11.3 Å². The van der Waals surface area contributed by atoms with Gasteiger partial charge in [-0.2, -0.15) is 0 Å². The molecular weight excluding hydrogens is 372 g/mol. The first-order valence-electron chi connectivity index (χ1n) is 8.57. The number of amides is 1. The van der Waals surface area contributed by atoms with Crippen molar-refractivity contribution in [3.05, 3.63) is 84.1 Å². The molecule has 0 saturated heterocycles. The normalized spacial score (nSPS) is 10.6. The van der Waals surface area contributed by atoms with Gasteiger partial charge in [-0.1, -0.05) is 30.3 Å². The molecule has 0 aliphatic heterocycles. The Hall–Kier alpha value is -3.51. The molecule has 2 N–H and O–H groups in total. The lowest BCUT2D eigenvalue weighted by Gasteiger charge is -2.08. The Morgan fingerprint density at radius 2 is 1.68 bits per heavy atom. The van der Waals surface area contributed by atoms with E-state index in [9.17, 15) is 9.59 Å². The summed E-state index contributed by atoms with van der Waals surface area (Å²) in [5.74, 6) is 0.899. The predicted octanol–water partition coefficient (Wildman–Crippen LogP) is 4.68. The van der Waals surface area contributed by atoms with Gasteiger partial charge in [0.25, 0.3) is 0 Å². The summed E-state index contributed by atoms with van der Waals surface area (Å²) in [6.45, 7) is 1.50. The average Bonchev–Trinajstić information content (AvgIpc) is 3.16. The third kappa shape index (κ3) is 5.25. The molecule has 1 aromatic heterocycles. The molecule has 0 aliphatic rings. The summed E-state index contributed by atoms with van der Waals surface area (Å²) < 4.78 is 5.71. The molecule has 3 rings (SSSR count). The van der Waals surface area contributed by atoms with Crippen LogP contribution in [0.25, 0.3) is 17.4 Å². The van der Waals surface area contributed by atoms with Crippen LogP contribution in [-0.4, -0.2) is 16.8 Å². The second-order valence-electron chi connectivity index (χ2n) is 5.98. The zero-order valence-corrected chi connectivity index (χ0v) is 16.0. The molecule has 0 atom stereocenters. The Labute approximate surface area is 168 Å². The lowest BCUT2D eigenvalue weighted by atomic mass is 10.1. The number of ketones is 1. The maximum atomic E-state index is 12.0. The molecule has 140 valence electrons. The van der Waals surface area contributed by atoms with Crippen LogP contribution in [0.3, 0.4) is 0 Å². The van der Waals surface area contributed by atoms with E-state index in [1.807, 2.05) is 36.4 Å². The molecule has 0 fully saturated rings. The number of anilines is 1. The van der Waals surface area contributed by atoms with Gasteiger partial charge in [0.05, 0.1) is 0 Å². The molecule has 0 unspecified atom stereocenters. The molecule has 2 aromatic carbocycles.